The molecule has 0 aliphatic carbocycles. The van der Waals surface area contributed by atoms with Gasteiger partial charge in [-0.1, -0.05) is 67.4 Å². The summed E-state index contributed by atoms with van der Waals surface area (Å²) in [4.78, 5) is 16.8. The van der Waals surface area contributed by atoms with Crippen LogP contribution < -0.4 is 15.5 Å². The lowest BCUT2D eigenvalue weighted by Crippen LogP contribution is -2.46. The van der Waals surface area contributed by atoms with Gasteiger partial charge in [-0.3, -0.25) is 4.90 Å². The number of hydrogen-bond donors (Lipinski definition) is 2. The number of halogens is 2. The predicted molar refractivity (Wildman–Crippen MR) is 140 cm³/mol. The quantitative estimate of drug-likeness (QED) is 0.490. The number of fused-ring (bicyclic) bond motifs is 1. The van der Waals surface area contributed by atoms with Crippen LogP contribution in [0.15, 0.2) is 42.5 Å². The van der Waals surface area contributed by atoms with Gasteiger partial charge in [0.2, 0.25) is 0 Å². The standard InChI is InChI=1S/C26H32Cl2N4O/c1-26(2)18-29-25(33)30-22-17-19(10-11-20(22)26)7-4-3-5-12-31-13-15-32(16-14-31)23-9-6-8-21(27)24(23)28/h4,6-11,17H,3,5,12-16,18H2,1-2H3,(H2,29,30,33). The van der Waals surface area contributed by atoms with Gasteiger partial charge in [-0.25, -0.2) is 4.79 Å². The van der Waals surface area contributed by atoms with Crippen LogP contribution in [0, 0.1) is 0 Å². The Bertz CT molecular complexity index is 1030. The average Bonchev–Trinajstić information content (AvgIpc) is 2.91. The summed E-state index contributed by atoms with van der Waals surface area (Å²) in [6.07, 6.45) is 6.52. The number of carbonyl (C=O) groups excluding carboxylic acids is 1. The molecular formula is C26H32Cl2N4O. The SMILES string of the molecule is CC1(C)CNC(=O)Nc2cc(C=CCCCN3CCN(c4cccc(Cl)c4Cl)CC3)ccc21. The molecule has 0 radical (unpaired) electrons. The number of nitrogens with zero attached hydrogens (tertiary/aromatic N) is 2. The first-order valence-corrected chi connectivity index (χ1v) is 12.4. The van der Waals surface area contributed by atoms with E-state index in [1.165, 1.54) is 0 Å². The van der Waals surface area contributed by atoms with Crippen LogP contribution in [0.25, 0.3) is 6.08 Å². The van der Waals surface area contributed by atoms with Crippen molar-refractivity contribution in [2.45, 2.75) is 32.1 Å². The maximum Gasteiger partial charge on any atom is 0.319 e. The molecule has 2 aromatic carbocycles. The largest absolute Gasteiger partial charge is 0.368 e. The monoisotopic (exact) mass is 486 g/mol. The Balaban J connectivity index is 1.24. The Morgan fingerprint density at radius 3 is 2.67 bits per heavy atom. The van der Waals surface area contributed by atoms with E-state index in [1.807, 2.05) is 18.2 Å². The molecule has 0 saturated carbocycles. The van der Waals surface area contributed by atoms with Crippen LogP contribution in [-0.2, 0) is 5.41 Å². The number of allylic oxidation sites excluding steroid dienone is 1. The summed E-state index contributed by atoms with van der Waals surface area (Å²) in [7, 11) is 0. The lowest BCUT2D eigenvalue weighted by atomic mass is 9.83. The van der Waals surface area contributed by atoms with Gasteiger partial charge in [0, 0.05) is 43.8 Å². The molecule has 2 aliphatic rings. The van der Waals surface area contributed by atoms with Gasteiger partial charge >= 0.3 is 6.03 Å². The van der Waals surface area contributed by atoms with Gasteiger partial charge in [0.1, 0.15) is 0 Å². The van der Waals surface area contributed by atoms with Crippen LogP contribution in [0.4, 0.5) is 16.2 Å². The molecule has 2 amide bonds. The Morgan fingerprint density at radius 1 is 1.09 bits per heavy atom. The molecule has 2 heterocycles. The number of urea groups is 1. The van der Waals surface area contributed by atoms with E-state index < -0.39 is 0 Å². The summed E-state index contributed by atoms with van der Waals surface area (Å²) in [5.74, 6) is 0. The second-order valence-corrected chi connectivity index (χ2v) is 10.2. The fourth-order valence-electron chi connectivity index (χ4n) is 4.52. The van der Waals surface area contributed by atoms with E-state index in [1.54, 1.807) is 0 Å². The summed E-state index contributed by atoms with van der Waals surface area (Å²) in [5.41, 5.74) is 4.10. The Kier molecular flexibility index (Phi) is 7.52. The second kappa shape index (κ2) is 10.4. The Morgan fingerprint density at radius 2 is 1.88 bits per heavy atom. The van der Waals surface area contributed by atoms with Crippen LogP contribution in [0.1, 0.15) is 37.8 Å². The molecule has 1 saturated heterocycles. The number of benzene rings is 2. The lowest BCUT2D eigenvalue weighted by molar-refractivity contribution is 0.250. The van der Waals surface area contributed by atoms with E-state index in [-0.39, 0.29) is 11.4 Å². The maximum absolute atomic E-state index is 12.0. The minimum atomic E-state index is -0.138. The number of hydrogen-bond acceptors (Lipinski definition) is 3. The van der Waals surface area contributed by atoms with Crippen molar-refractivity contribution in [2.24, 2.45) is 0 Å². The topological polar surface area (TPSA) is 47.6 Å². The molecule has 4 rings (SSSR count). The summed E-state index contributed by atoms with van der Waals surface area (Å²) < 4.78 is 0. The van der Waals surface area contributed by atoms with Crippen molar-refractivity contribution in [1.82, 2.24) is 10.2 Å². The minimum Gasteiger partial charge on any atom is -0.368 e. The molecule has 1 fully saturated rings. The van der Waals surface area contributed by atoms with Crippen molar-refractivity contribution in [3.05, 3.63) is 63.6 Å². The highest BCUT2D eigenvalue weighted by Gasteiger charge is 2.28. The highest BCUT2D eigenvalue weighted by molar-refractivity contribution is 6.43. The summed E-state index contributed by atoms with van der Waals surface area (Å²) in [6.45, 7) is 9.99. The fraction of sp³-hybridized carbons (Fsp3) is 0.423. The molecule has 0 atom stereocenters. The Labute approximate surface area is 206 Å². The number of rotatable bonds is 6. The molecule has 0 unspecified atom stereocenters. The van der Waals surface area contributed by atoms with Crippen LogP contribution in [-0.4, -0.2) is 50.2 Å². The van der Waals surface area contributed by atoms with Gasteiger partial charge in [-0.2, -0.15) is 0 Å². The van der Waals surface area contributed by atoms with E-state index in [0.717, 1.165) is 68.1 Å². The normalized spacial score (nSPS) is 18.5. The second-order valence-electron chi connectivity index (χ2n) is 9.44. The summed E-state index contributed by atoms with van der Waals surface area (Å²) >= 11 is 12.6. The predicted octanol–water partition coefficient (Wildman–Crippen LogP) is 6.02. The van der Waals surface area contributed by atoms with Crippen LogP contribution in [0.5, 0.6) is 0 Å². The Hall–Kier alpha value is -2.21. The lowest BCUT2D eigenvalue weighted by Gasteiger charge is -2.36. The zero-order valence-electron chi connectivity index (χ0n) is 19.3. The van der Waals surface area contributed by atoms with Crippen LogP contribution in [0.2, 0.25) is 10.0 Å². The van der Waals surface area contributed by atoms with Gasteiger partial charge in [-0.15, -0.1) is 0 Å². The average molecular weight is 487 g/mol. The minimum absolute atomic E-state index is 0.0983. The number of unbranched alkanes of at least 4 members (excludes halogenated alkanes) is 1. The molecule has 2 N–H and O–H groups in total. The van der Waals surface area contributed by atoms with E-state index >= 15 is 0 Å². The van der Waals surface area contributed by atoms with Gasteiger partial charge in [0.05, 0.1) is 15.7 Å². The molecule has 33 heavy (non-hydrogen) atoms. The van der Waals surface area contributed by atoms with Crippen molar-refractivity contribution >= 4 is 46.7 Å². The molecule has 7 heteroatoms. The van der Waals surface area contributed by atoms with E-state index in [0.29, 0.717) is 16.6 Å². The third-order valence-corrected chi connectivity index (χ3v) is 7.32. The molecule has 0 bridgehead atoms. The first-order chi connectivity index (χ1) is 15.8. The van der Waals surface area contributed by atoms with Crippen LogP contribution in [0.3, 0.4) is 0 Å². The van der Waals surface area contributed by atoms with E-state index in [2.05, 4.69) is 64.6 Å². The van der Waals surface area contributed by atoms with Crippen molar-refractivity contribution in [3.8, 4) is 0 Å². The molecule has 2 aliphatic heterocycles. The molecule has 0 spiro atoms. The number of carbonyl (C=O) groups is 1. The molecule has 176 valence electrons. The zero-order chi connectivity index (χ0) is 23.4. The van der Waals surface area contributed by atoms with E-state index in [4.69, 9.17) is 23.2 Å². The van der Waals surface area contributed by atoms with Gasteiger partial charge < -0.3 is 15.5 Å². The van der Waals surface area contributed by atoms with Crippen molar-refractivity contribution in [2.75, 3.05) is 49.5 Å². The maximum atomic E-state index is 12.0. The van der Waals surface area contributed by atoms with Crippen LogP contribution >= 0.6 is 23.2 Å². The molecule has 5 nitrogen and oxygen atoms in total. The van der Waals surface area contributed by atoms with Crippen molar-refractivity contribution in [1.29, 1.82) is 0 Å². The van der Waals surface area contributed by atoms with E-state index in [9.17, 15) is 4.79 Å². The van der Waals surface area contributed by atoms with Gasteiger partial charge in [-0.05, 0) is 48.7 Å². The number of anilines is 2. The van der Waals surface area contributed by atoms with Crippen molar-refractivity contribution < 1.29 is 4.79 Å². The number of amides is 2. The first-order valence-electron chi connectivity index (χ1n) is 11.6. The highest BCUT2D eigenvalue weighted by Crippen LogP contribution is 2.33. The third kappa shape index (κ3) is 5.84. The molecule has 0 aromatic heterocycles. The first kappa shape index (κ1) is 23.9. The summed E-state index contributed by atoms with van der Waals surface area (Å²) in [6, 6.07) is 12.0. The van der Waals surface area contributed by atoms with Gasteiger partial charge in [0.25, 0.3) is 0 Å². The fourth-order valence-corrected chi connectivity index (χ4v) is 4.94. The number of piperazine rings is 1. The highest BCUT2D eigenvalue weighted by atomic mass is 35.5. The smallest absolute Gasteiger partial charge is 0.319 e. The van der Waals surface area contributed by atoms with Gasteiger partial charge in [0.15, 0.2) is 0 Å². The molecule has 2 aromatic rings. The molecular weight excluding hydrogens is 455 g/mol. The zero-order valence-corrected chi connectivity index (χ0v) is 20.8. The summed E-state index contributed by atoms with van der Waals surface area (Å²) in [5, 5.41) is 7.16. The van der Waals surface area contributed by atoms with Crippen molar-refractivity contribution in [3.63, 3.8) is 0 Å². The third-order valence-electron chi connectivity index (χ3n) is 6.51. The number of nitrogens with one attached hydrogen (secondary N) is 2.